The summed E-state index contributed by atoms with van der Waals surface area (Å²) in [6, 6.07) is 169. The van der Waals surface area contributed by atoms with Crippen LogP contribution in [0.25, 0.3) is 43.1 Å². The second kappa shape index (κ2) is 38.4. The van der Waals surface area contributed by atoms with Gasteiger partial charge in [-0.2, -0.15) is 0 Å². The molecule has 0 radical (unpaired) electrons. The lowest BCUT2D eigenvalue weighted by Gasteiger charge is -2.42. The van der Waals surface area contributed by atoms with Crippen molar-refractivity contribution in [1.29, 1.82) is 0 Å². The summed E-state index contributed by atoms with van der Waals surface area (Å²) in [6.45, 7) is 8.70. The molecule has 0 heterocycles. The molecule has 0 aromatic heterocycles. The van der Waals surface area contributed by atoms with Gasteiger partial charge in [0.2, 0.25) is 0 Å². The molecule has 20 aromatic rings. The van der Waals surface area contributed by atoms with Crippen molar-refractivity contribution < 1.29 is 18.9 Å². The molecule has 0 saturated heterocycles. The monoisotopic (exact) mass is 1860 g/mol. The highest BCUT2D eigenvalue weighted by Gasteiger charge is 2.50. The normalized spacial score (nSPS) is 14.1. The second-order valence-corrected chi connectivity index (χ2v) is 39.1. The fourth-order valence-electron chi connectivity index (χ4n) is 25.5. The number of fused-ring (bicyclic) bond motifs is 12. The molecule has 0 bridgehead atoms. The average Bonchev–Trinajstić information content (AvgIpc) is 1.64. The minimum atomic E-state index is -1.13. The standard InChI is InChI=1S/C141H108O4/c1-5-9-85-142-125-81-57-105-89-121(61-53-109(105)93-125)138(129-37-21-13-29-97(129)45-46-98-30-14-22-38-130(98)138)117-73-65-113(66-74-117)137(114-67-75-118(76-68-114)139(122-62-54-110-94-126(143-86-10-6-2)82-58-106(110)90-122)131-39-23-15-31-99(131)47-48-100-32-16-24-40-132(100)139,115-69-77-119(78-70-115)140(123-63-55-111-95-127(144-87-11-7-3)83-59-107(111)91-123)133-41-25-17-33-101(133)49-50-102-34-18-26-42-134(102)140)116-71-79-120(80-72-116)141(124-64-56-112-96-128(145-88-12-8-4)84-60-108(112)92-124)135-43-27-19-35-103(135)51-52-104-36-20-28-44-136(104)141/h13-44,53-84,89-96H,45-52,85-88H2,1-4H3. The third-order valence-electron chi connectivity index (χ3n) is 32.0. The van der Waals surface area contributed by atoms with E-state index in [1.165, 1.54) is 111 Å². The van der Waals surface area contributed by atoms with Gasteiger partial charge in [-0.05, 0) is 351 Å². The van der Waals surface area contributed by atoms with Crippen LogP contribution in [0.2, 0.25) is 0 Å². The van der Waals surface area contributed by atoms with Crippen molar-refractivity contribution >= 4 is 43.1 Å². The molecule has 20 aromatic carbocycles. The summed E-state index contributed by atoms with van der Waals surface area (Å²) in [5, 5.41) is 8.87. The molecule has 0 N–H and O–H groups in total. The van der Waals surface area contributed by atoms with E-state index in [0.717, 1.165) is 162 Å². The molecule has 0 aliphatic heterocycles. The maximum Gasteiger partial charge on any atom is 0.149 e. The second-order valence-electron chi connectivity index (χ2n) is 39.1. The molecule has 0 unspecified atom stereocenters. The summed E-state index contributed by atoms with van der Waals surface area (Å²) in [5.41, 5.74) is 30.2. The maximum atomic E-state index is 6.28. The van der Waals surface area contributed by atoms with Crippen LogP contribution in [0.15, 0.2) is 437 Å². The molecular weight excluding hydrogens is 1760 g/mol. The predicted molar refractivity (Wildman–Crippen MR) is 593 cm³/mol. The van der Waals surface area contributed by atoms with Crippen LogP contribution < -0.4 is 18.9 Å². The SMILES string of the molecule is CC#CCOc1ccc2cc(C3(c4ccc(C(c5ccc(C6(c7ccc8cc(OCC#CC)ccc8c7)c7ccccc7CCc7ccccc76)cc5)(c5ccc(C6(c7ccc8cc(OCC#CC)ccc8c7)c7ccccc7CCc7ccccc76)cc5)c5ccc(C6(c7ccc8cc(OCC#CC)ccc8c7)c7ccccc7CCc7ccccc76)cc5)cc4)c4ccccc4CCc4ccccc43)ccc2c1. The number of hydrogen-bond donors (Lipinski definition) is 0. The molecule has 696 valence electrons. The Morgan fingerprint density at radius 3 is 0.517 bits per heavy atom. The van der Waals surface area contributed by atoms with E-state index >= 15 is 0 Å². The minimum absolute atomic E-state index is 0.317. The van der Waals surface area contributed by atoms with Crippen LogP contribution >= 0.6 is 0 Å². The number of ether oxygens (including phenoxy) is 4. The molecule has 0 amide bonds. The van der Waals surface area contributed by atoms with E-state index in [1.807, 2.05) is 27.7 Å². The van der Waals surface area contributed by atoms with Crippen LogP contribution in [0.1, 0.15) is 183 Å². The smallest absolute Gasteiger partial charge is 0.149 e. The van der Waals surface area contributed by atoms with Crippen LogP contribution in [0.4, 0.5) is 0 Å². The van der Waals surface area contributed by atoms with E-state index in [0.29, 0.717) is 26.4 Å². The molecule has 4 aliphatic rings. The van der Waals surface area contributed by atoms with E-state index in [-0.39, 0.29) is 0 Å². The first-order valence-electron chi connectivity index (χ1n) is 51.0. The van der Waals surface area contributed by atoms with Crippen molar-refractivity contribution in [2.45, 2.75) is 106 Å². The lowest BCUT2D eigenvalue weighted by atomic mass is 9.60. The molecular formula is C141H108O4. The number of benzene rings is 20. The van der Waals surface area contributed by atoms with Crippen molar-refractivity contribution in [3.05, 3.63) is 593 Å². The Bertz CT molecular complexity index is 7510. The van der Waals surface area contributed by atoms with Crippen molar-refractivity contribution in [2.24, 2.45) is 0 Å². The Morgan fingerprint density at radius 2 is 0.338 bits per heavy atom. The summed E-state index contributed by atoms with van der Waals surface area (Å²) in [5.74, 6) is 27.7. The Kier molecular flexibility index (Phi) is 23.9. The average molecular weight is 1870 g/mol. The van der Waals surface area contributed by atoms with Gasteiger partial charge in [0.05, 0.1) is 27.1 Å². The highest BCUT2D eigenvalue weighted by Crippen LogP contribution is 2.59. The van der Waals surface area contributed by atoms with Gasteiger partial charge in [0, 0.05) is 0 Å². The van der Waals surface area contributed by atoms with Crippen molar-refractivity contribution in [2.75, 3.05) is 26.4 Å². The zero-order chi connectivity index (χ0) is 97.5. The topological polar surface area (TPSA) is 36.9 Å². The zero-order valence-corrected chi connectivity index (χ0v) is 82.2. The fourth-order valence-corrected chi connectivity index (χ4v) is 25.5. The van der Waals surface area contributed by atoms with Gasteiger partial charge in [0.1, 0.15) is 49.4 Å². The number of aryl methyl sites for hydroxylation is 8. The first kappa shape index (κ1) is 90.4. The molecule has 0 fully saturated rings. The molecule has 0 saturated carbocycles. The van der Waals surface area contributed by atoms with Gasteiger partial charge in [-0.25, -0.2) is 0 Å². The molecule has 0 atom stereocenters. The van der Waals surface area contributed by atoms with Crippen LogP contribution in [-0.4, -0.2) is 26.4 Å². The van der Waals surface area contributed by atoms with Crippen molar-refractivity contribution in [3.63, 3.8) is 0 Å². The van der Waals surface area contributed by atoms with Gasteiger partial charge in [-0.15, -0.1) is 23.7 Å². The minimum Gasteiger partial charge on any atom is -0.481 e. The summed E-state index contributed by atoms with van der Waals surface area (Å²) in [6.07, 6.45) is 7.07. The Labute approximate surface area is 851 Å². The van der Waals surface area contributed by atoms with Gasteiger partial charge in [0.15, 0.2) is 0 Å². The molecule has 4 nitrogen and oxygen atoms in total. The Hall–Kier alpha value is -17.1. The molecule has 4 heteroatoms. The molecule has 145 heavy (non-hydrogen) atoms. The van der Waals surface area contributed by atoms with Crippen molar-refractivity contribution in [1.82, 2.24) is 0 Å². The van der Waals surface area contributed by atoms with Gasteiger partial charge < -0.3 is 18.9 Å². The maximum absolute atomic E-state index is 6.28. The molecule has 0 spiro atoms. The highest BCUT2D eigenvalue weighted by atomic mass is 16.5. The van der Waals surface area contributed by atoms with Gasteiger partial charge >= 0.3 is 0 Å². The van der Waals surface area contributed by atoms with E-state index in [9.17, 15) is 0 Å². The summed E-state index contributed by atoms with van der Waals surface area (Å²) >= 11 is 0. The number of hydrogen-bond acceptors (Lipinski definition) is 4. The van der Waals surface area contributed by atoms with Crippen LogP contribution in [-0.2, 0) is 78.4 Å². The lowest BCUT2D eigenvalue weighted by Crippen LogP contribution is -2.35. The van der Waals surface area contributed by atoms with Gasteiger partial charge in [0.25, 0.3) is 0 Å². The lowest BCUT2D eigenvalue weighted by molar-refractivity contribution is 0.370. The number of rotatable bonds is 20. The first-order valence-corrected chi connectivity index (χ1v) is 51.0. The Morgan fingerprint density at radius 1 is 0.179 bits per heavy atom. The Balaban J connectivity index is 0.803. The largest absolute Gasteiger partial charge is 0.481 e. The highest BCUT2D eigenvalue weighted by molar-refractivity contribution is 5.91. The third kappa shape index (κ3) is 15.4. The zero-order valence-electron chi connectivity index (χ0n) is 82.2. The van der Waals surface area contributed by atoms with Crippen molar-refractivity contribution in [3.8, 4) is 70.4 Å². The third-order valence-corrected chi connectivity index (χ3v) is 32.0. The van der Waals surface area contributed by atoms with Crippen LogP contribution in [0.3, 0.4) is 0 Å². The quantitative estimate of drug-likeness (QED) is 0.0563. The fraction of sp³-hybridized carbons (Fsp3) is 0.149. The van der Waals surface area contributed by atoms with Crippen LogP contribution in [0, 0.1) is 47.4 Å². The van der Waals surface area contributed by atoms with E-state index in [4.69, 9.17) is 18.9 Å². The molecule has 24 rings (SSSR count). The summed E-state index contributed by atoms with van der Waals surface area (Å²) < 4.78 is 25.1. The summed E-state index contributed by atoms with van der Waals surface area (Å²) in [4.78, 5) is 0. The van der Waals surface area contributed by atoms with E-state index in [1.54, 1.807) is 0 Å². The van der Waals surface area contributed by atoms with E-state index in [2.05, 4.69) is 484 Å². The van der Waals surface area contributed by atoms with Crippen LogP contribution in [0.5, 0.6) is 23.0 Å². The predicted octanol–water partition coefficient (Wildman–Crippen LogP) is 30.2. The van der Waals surface area contributed by atoms with E-state index < -0.39 is 27.1 Å². The van der Waals surface area contributed by atoms with Gasteiger partial charge in [-0.3, -0.25) is 0 Å². The van der Waals surface area contributed by atoms with Gasteiger partial charge in [-0.1, -0.05) is 388 Å². The first-order chi connectivity index (χ1) is 71.6. The summed E-state index contributed by atoms with van der Waals surface area (Å²) in [7, 11) is 0. The molecule has 4 aliphatic carbocycles.